The van der Waals surface area contributed by atoms with E-state index in [-0.39, 0.29) is 5.56 Å². The van der Waals surface area contributed by atoms with Crippen molar-refractivity contribution in [3.63, 3.8) is 0 Å². The maximum absolute atomic E-state index is 10.7. The number of aromatic carboxylic acids is 1. The first-order valence-electron chi connectivity index (χ1n) is 7.64. The Bertz CT molecular complexity index is 875. The van der Waals surface area contributed by atoms with Crippen molar-refractivity contribution < 1.29 is 14.6 Å². The predicted octanol–water partition coefficient (Wildman–Crippen LogP) is 3.29. The molecule has 0 bridgehead atoms. The Morgan fingerprint density at radius 3 is 2.36 bits per heavy atom. The summed E-state index contributed by atoms with van der Waals surface area (Å²) in [4.78, 5) is 10.7. The Morgan fingerprint density at radius 2 is 1.64 bits per heavy atom. The number of ether oxygens (including phenoxy) is 1. The van der Waals surface area contributed by atoms with E-state index in [0.29, 0.717) is 11.4 Å². The van der Waals surface area contributed by atoms with Crippen LogP contribution in [0.15, 0.2) is 84.0 Å². The second-order valence-corrected chi connectivity index (χ2v) is 5.22. The largest absolute Gasteiger partial charge is 0.545 e. The van der Waals surface area contributed by atoms with Crippen LogP contribution in [0, 0.1) is 0 Å². The highest BCUT2D eigenvalue weighted by molar-refractivity contribution is 5.86. The quantitative estimate of drug-likeness (QED) is 0.555. The first-order valence-corrected chi connectivity index (χ1v) is 7.64. The lowest BCUT2D eigenvalue weighted by molar-refractivity contribution is -0.255. The summed E-state index contributed by atoms with van der Waals surface area (Å²) in [7, 11) is 0. The summed E-state index contributed by atoms with van der Waals surface area (Å²) in [5.41, 5.74) is 4.52. The van der Waals surface area contributed by atoms with E-state index >= 15 is 0 Å². The number of anilines is 1. The van der Waals surface area contributed by atoms with Crippen molar-refractivity contribution in [1.82, 2.24) is 0 Å². The first kappa shape index (κ1) is 16.3. The summed E-state index contributed by atoms with van der Waals surface area (Å²) in [6, 6.07) is 23.2. The maximum atomic E-state index is 10.7. The van der Waals surface area contributed by atoms with E-state index in [1.807, 2.05) is 54.6 Å². The summed E-state index contributed by atoms with van der Waals surface area (Å²) in [5.74, 6) is 0.279. The fraction of sp³-hybridized carbons (Fsp3) is 0. The standard InChI is InChI=1S/C20H16N2O3/c23-20(24)16-9-11-17(12-10-16)22-21-14-15-5-4-8-19(13-15)25-18-6-2-1-3-7-18/h1-14,22H,(H,23,24)/p-1/b21-14-. The van der Waals surface area contributed by atoms with E-state index in [2.05, 4.69) is 10.5 Å². The molecule has 0 aromatic heterocycles. The minimum atomic E-state index is -1.20. The zero-order valence-electron chi connectivity index (χ0n) is 13.3. The molecule has 5 nitrogen and oxygen atoms in total. The van der Waals surface area contributed by atoms with Crippen LogP contribution < -0.4 is 15.3 Å². The van der Waals surface area contributed by atoms with Gasteiger partial charge >= 0.3 is 0 Å². The van der Waals surface area contributed by atoms with Crippen LogP contribution in [0.3, 0.4) is 0 Å². The molecule has 0 aliphatic heterocycles. The van der Waals surface area contributed by atoms with Gasteiger partial charge in [0.1, 0.15) is 11.5 Å². The molecule has 0 saturated carbocycles. The van der Waals surface area contributed by atoms with Crippen molar-refractivity contribution >= 4 is 17.9 Å². The van der Waals surface area contributed by atoms with Crippen LogP contribution in [-0.4, -0.2) is 12.2 Å². The van der Waals surface area contributed by atoms with Crippen LogP contribution in [0.2, 0.25) is 0 Å². The van der Waals surface area contributed by atoms with Crippen molar-refractivity contribution in [2.75, 3.05) is 5.43 Å². The molecule has 5 heteroatoms. The molecule has 0 amide bonds. The molecule has 1 N–H and O–H groups in total. The Hall–Kier alpha value is -3.60. The molecular weight excluding hydrogens is 316 g/mol. The van der Waals surface area contributed by atoms with Crippen molar-refractivity contribution in [2.24, 2.45) is 5.10 Å². The highest BCUT2D eigenvalue weighted by Gasteiger charge is 1.98. The molecule has 3 aromatic carbocycles. The van der Waals surface area contributed by atoms with Gasteiger partial charge in [-0.25, -0.2) is 0 Å². The van der Waals surface area contributed by atoms with E-state index in [9.17, 15) is 9.90 Å². The van der Waals surface area contributed by atoms with Crippen LogP contribution in [0.1, 0.15) is 15.9 Å². The molecule has 3 rings (SSSR count). The fourth-order valence-electron chi connectivity index (χ4n) is 2.15. The Labute approximate surface area is 145 Å². The summed E-state index contributed by atoms with van der Waals surface area (Å²) in [5, 5.41) is 14.8. The van der Waals surface area contributed by atoms with E-state index in [1.54, 1.807) is 18.3 Å². The number of hydrogen-bond donors (Lipinski definition) is 1. The Balaban J connectivity index is 1.63. The van der Waals surface area contributed by atoms with Crippen molar-refractivity contribution in [3.8, 4) is 11.5 Å². The number of carboxylic acids is 1. The molecular formula is C20H15N2O3-. The van der Waals surface area contributed by atoms with Gasteiger partial charge in [-0.05, 0) is 47.5 Å². The van der Waals surface area contributed by atoms with Gasteiger partial charge in [-0.3, -0.25) is 5.43 Å². The van der Waals surface area contributed by atoms with E-state index in [0.717, 1.165) is 11.3 Å². The van der Waals surface area contributed by atoms with Crippen LogP contribution in [-0.2, 0) is 0 Å². The summed E-state index contributed by atoms with van der Waals surface area (Å²) in [6.45, 7) is 0. The SMILES string of the molecule is O=C([O-])c1ccc(N/N=C\c2cccc(Oc3ccccc3)c2)cc1. The van der Waals surface area contributed by atoms with Gasteiger partial charge in [-0.2, -0.15) is 5.10 Å². The normalized spacial score (nSPS) is 10.6. The van der Waals surface area contributed by atoms with Gasteiger partial charge in [0.05, 0.1) is 17.9 Å². The third kappa shape index (κ3) is 4.68. The minimum absolute atomic E-state index is 0.125. The number of carbonyl (C=O) groups excluding carboxylic acids is 1. The number of para-hydroxylation sites is 1. The van der Waals surface area contributed by atoms with E-state index in [4.69, 9.17) is 4.74 Å². The molecule has 0 aliphatic rings. The molecule has 25 heavy (non-hydrogen) atoms. The lowest BCUT2D eigenvalue weighted by Gasteiger charge is -2.06. The number of hydrogen-bond acceptors (Lipinski definition) is 5. The zero-order chi connectivity index (χ0) is 17.5. The average Bonchev–Trinajstić information content (AvgIpc) is 2.63. The van der Waals surface area contributed by atoms with Gasteiger partial charge in [0.15, 0.2) is 0 Å². The average molecular weight is 331 g/mol. The lowest BCUT2D eigenvalue weighted by atomic mass is 10.2. The molecule has 0 saturated heterocycles. The molecule has 0 fully saturated rings. The molecule has 0 heterocycles. The third-order valence-electron chi connectivity index (χ3n) is 3.36. The van der Waals surface area contributed by atoms with Gasteiger partial charge in [-0.1, -0.05) is 42.5 Å². The molecule has 0 unspecified atom stereocenters. The van der Waals surface area contributed by atoms with Crippen molar-refractivity contribution in [3.05, 3.63) is 90.0 Å². The van der Waals surface area contributed by atoms with Crippen molar-refractivity contribution in [2.45, 2.75) is 0 Å². The summed E-state index contributed by atoms with van der Waals surface area (Å²) in [6.07, 6.45) is 1.66. The molecule has 3 aromatic rings. The number of benzene rings is 3. The third-order valence-corrected chi connectivity index (χ3v) is 3.36. The maximum Gasteiger partial charge on any atom is 0.128 e. The monoisotopic (exact) mass is 331 g/mol. The lowest BCUT2D eigenvalue weighted by Crippen LogP contribution is -2.21. The molecule has 0 aliphatic carbocycles. The second-order valence-electron chi connectivity index (χ2n) is 5.22. The molecule has 124 valence electrons. The van der Waals surface area contributed by atoms with Gasteiger partial charge in [-0.15, -0.1) is 0 Å². The Morgan fingerprint density at radius 1 is 0.920 bits per heavy atom. The number of nitrogens with one attached hydrogen (secondary N) is 1. The fourth-order valence-corrected chi connectivity index (χ4v) is 2.15. The topological polar surface area (TPSA) is 73.8 Å². The number of hydrazone groups is 1. The van der Waals surface area contributed by atoms with E-state index < -0.39 is 5.97 Å². The smallest absolute Gasteiger partial charge is 0.128 e. The van der Waals surface area contributed by atoms with Gasteiger partial charge in [0.25, 0.3) is 0 Å². The Kier molecular flexibility index (Phi) is 5.07. The summed E-state index contributed by atoms with van der Waals surface area (Å²) < 4.78 is 5.78. The first-order chi connectivity index (χ1) is 12.2. The minimum Gasteiger partial charge on any atom is -0.545 e. The molecule has 0 atom stereocenters. The van der Waals surface area contributed by atoms with Crippen LogP contribution in [0.5, 0.6) is 11.5 Å². The number of carboxylic acid groups (broad SMARTS) is 1. The predicted molar refractivity (Wildman–Crippen MR) is 94.9 cm³/mol. The number of nitrogens with zero attached hydrogens (tertiary/aromatic N) is 1. The number of rotatable bonds is 6. The van der Waals surface area contributed by atoms with Gasteiger partial charge in [0.2, 0.25) is 0 Å². The summed E-state index contributed by atoms with van der Waals surface area (Å²) >= 11 is 0. The van der Waals surface area contributed by atoms with Crippen LogP contribution in [0.25, 0.3) is 0 Å². The zero-order valence-corrected chi connectivity index (χ0v) is 13.3. The highest BCUT2D eigenvalue weighted by atomic mass is 16.5. The second kappa shape index (κ2) is 7.79. The number of carbonyl (C=O) groups is 1. The van der Waals surface area contributed by atoms with Gasteiger partial charge < -0.3 is 14.6 Å². The molecule has 0 spiro atoms. The molecule has 0 radical (unpaired) electrons. The van der Waals surface area contributed by atoms with Gasteiger partial charge in [0, 0.05) is 0 Å². The van der Waals surface area contributed by atoms with Crippen molar-refractivity contribution in [1.29, 1.82) is 0 Å². The van der Waals surface area contributed by atoms with E-state index in [1.165, 1.54) is 12.1 Å². The van der Waals surface area contributed by atoms with Crippen LogP contribution >= 0.6 is 0 Å². The van der Waals surface area contributed by atoms with Crippen LogP contribution in [0.4, 0.5) is 5.69 Å². The highest BCUT2D eigenvalue weighted by Crippen LogP contribution is 2.21.